The minimum absolute atomic E-state index is 0.00328. The van der Waals surface area contributed by atoms with Gasteiger partial charge in [-0.1, -0.05) is 19.1 Å². The standard InChI is InChI=1S/C13H19N3O2S/c1-2-16-4-6-18-11(7-16)12-14-10-3-5-17-8-9(10)13(19)15-12/h11H,2-8H2,1H3,(H,14,15,19). The van der Waals surface area contributed by atoms with Gasteiger partial charge in [0, 0.05) is 30.8 Å². The quantitative estimate of drug-likeness (QED) is 0.835. The van der Waals surface area contributed by atoms with E-state index in [0.717, 1.165) is 50.7 Å². The molecule has 5 nitrogen and oxygen atoms in total. The van der Waals surface area contributed by atoms with Crippen molar-refractivity contribution >= 4 is 12.2 Å². The first-order valence-electron chi connectivity index (χ1n) is 6.81. The van der Waals surface area contributed by atoms with E-state index in [-0.39, 0.29) is 6.10 Å². The molecule has 104 valence electrons. The Morgan fingerprint density at radius 3 is 3.21 bits per heavy atom. The lowest BCUT2D eigenvalue weighted by Gasteiger charge is -2.32. The molecule has 3 heterocycles. The van der Waals surface area contributed by atoms with Crippen LogP contribution in [0.15, 0.2) is 0 Å². The van der Waals surface area contributed by atoms with Crippen LogP contribution in [0.25, 0.3) is 0 Å². The molecule has 3 rings (SSSR count). The highest BCUT2D eigenvalue weighted by molar-refractivity contribution is 7.71. The van der Waals surface area contributed by atoms with Crippen LogP contribution >= 0.6 is 12.2 Å². The summed E-state index contributed by atoms with van der Waals surface area (Å²) in [5.74, 6) is 0.865. The molecular formula is C13H19N3O2S. The van der Waals surface area contributed by atoms with Crippen molar-refractivity contribution in [1.82, 2.24) is 14.9 Å². The van der Waals surface area contributed by atoms with Crippen molar-refractivity contribution in [2.75, 3.05) is 32.8 Å². The fourth-order valence-electron chi connectivity index (χ4n) is 2.58. The fraction of sp³-hybridized carbons (Fsp3) is 0.692. The first-order valence-corrected chi connectivity index (χ1v) is 7.22. The van der Waals surface area contributed by atoms with Crippen molar-refractivity contribution in [3.05, 3.63) is 21.7 Å². The summed E-state index contributed by atoms with van der Waals surface area (Å²) in [7, 11) is 0. The number of fused-ring (bicyclic) bond motifs is 1. The zero-order valence-corrected chi connectivity index (χ0v) is 12.0. The number of aromatic amines is 1. The number of aromatic nitrogens is 2. The average molecular weight is 281 g/mol. The van der Waals surface area contributed by atoms with E-state index in [4.69, 9.17) is 21.7 Å². The van der Waals surface area contributed by atoms with Gasteiger partial charge in [-0.05, 0) is 6.54 Å². The lowest BCUT2D eigenvalue weighted by Crippen LogP contribution is -2.38. The number of likely N-dealkylation sites (N-methyl/N-ethyl adjacent to an activating group) is 1. The third kappa shape index (κ3) is 2.72. The van der Waals surface area contributed by atoms with E-state index < -0.39 is 0 Å². The number of morpholine rings is 1. The Morgan fingerprint density at radius 1 is 1.47 bits per heavy atom. The van der Waals surface area contributed by atoms with Crippen molar-refractivity contribution in [3.8, 4) is 0 Å². The van der Waals surface area contributed by atoms with Gasteiger partial charge in [-0.2, -0.15) is 0 Å². The summed E-state index contributed by atoms with van der Waals surface area (Å²) in [6, 6.07) is 0. The highest BCUT2D eigenvalue weighted by Gasteiger charge is 2.24. The van der Waals surface area contributed by atoms with Crippen LogP contribution in [0.3, 0.4) is 0 Å². The number of hydrogen-bond donors (Lipinski definition) is 1. The van der Waals surface area contributed by atoms with E-state index in [2.05, 4.69) is 21.8 Å². The molecule has 0 aliphatic carbocycles. The van der Waals surface area contributed by atoms with Crippen LogP contribution in [0.1, 0.15) is 30.1 Å². The second-order valence-corrected chi connectivity index (χ2v) is 5.33. The Labute approximate surface area is 117 Å². The molecular weight excluding hydrogens is 262 g/mol. The zero-order valence-electron chi connectivity index (χ0n) is 11.1. The molecule has 1 aromatic rings. The monoisotopic (exact) mass is 281 g/mol. The molecule has 0 bridgehead atoms. The Kier molecular flexibility index (Phi) is 3.93. The predicted molar refractivity (Wildman–Crippen MR) is 73.6 cm³/mol. The van der Waals surface area contributed by atoms with Crippen molar-refractivity contribution in [2.24, 2.45) is 0 Å². The maximum atomic E-state index is 5.83. The molecule has 0 amide bonds. The van der Waals surface area contributed by atoms with Gasteiger partial charge in [-0.15, -0.1) is 0 Å². The molecule has 0 spiro atoms. The highest BCUT2D eigenvalue weighted by atomic mass is 32.1. The van der Waals surface area contributed by atoms with Gasteiger partial charge < -0.3 is 14.5 Å². The topological polar surface area (TPSA) is 50.4 Å². The summed E-state index contributed by atoms with van der Waals surface area (Å²) in [4.78, 5) is 10.3. The van der Waals surface area contributed by atoms with Crippen LogP contribution in [0, 0.1) is 4.64 Å². The summed E-state index contributed by atoms with van der Waals surface area (Å²) in [5.41, 5.74) is 2.20. The predicted octanol–water partition coefficient (Wildman–Crippen LogP) is 1.61. The van der Waals surface area contributed by atoms with Crippen LogP contribution < -0.4 is 0 Å². The van der Waals surface area contributed by atoms with E-state index in [9.17, 15) is 0 Å². The van der Waals surface area contributed by atoms with Gasteiger partial charge in [0.05, 0.1) is 19.8 Å². The summed E-state index contributed by atoms with van der Waals surface area (Å²) in [6.45, 7) is 7.15. The second kappa shape index (κ2) is 5.66. The molecule has 2 aliphatic heterocycles. The van der Waals surface area contributed by atoms with Crippen LogP contribution in [0.5, 0.6) is 0 Å². The molecule has 19 heavy (non-hydrogen) atoms. The molecule has 6 heteroatoms. The summed E-state index contributed by atoms with van der Waals surface area (Å²) in [5, 5.41) is 0. The Hall–Kier alpha value is -0.820. The van der Waals surface area contributed by atoms with E-state index in [1.807, 2.05) is 0 Å². The summed E-state index contributed by atoms with van der Waals surface area (Å²) in [6.07, 6.45) is 0.877. The van der Waals surface area contributed by atoms with Crippen molar-refractivity contribution < 1.29 is 9.47 Å². The Morgan fingerprint density at radius 2 is 2.37 bits per heavy atom. The number of ether oxygens (including phenoxy) is 2. The van der Waals surface area contributed by atoms with Gasteiger partial charge >= 0.3 is 0 Å². The number of nitrogens with one attached hydrogen (secondary N) is 1. The molecule has 0 radical (unpaired) electrons. The SMILES string of the molecule is CCN1CCOC(c2nc(=S)c3c([nH]2)CCOC3)C1. The minimum atomic E-state index is 0.00328. The van der Waals surface area contributed by atoms with Gasteiger partial charge in [-0.25, -0.2) is 4.98 Å². The Bertz CT molecular complexity index is 517. The maximum Gasteiger partial charge on any atom is 0.138 e. The number of hydrogen-bond acceptors (Lipinski definition) is 5. The molecule has 0 saturated carbocycles. The van der Waals surface area contributed by atoms with Crippen LogP contribution in [-0.2, 0) is 22.5 Å². The lowest BCUT2D eigenvalue weighted by atomic mass is 10.1. The molecule has 1 atom stereocenters. The van der Waals surface area contributed by atoms with Gasteiger partial charge in [0.15, 0.2) is 0 Å². The van der Waals surface area contributed by atoms with Gasteiger partial charge in [-0.3, -0.25) is 4.90 Å². The minimum Gasteiger partial charge on any atom is -0.376 e. The number of rotatable bonds is 2. The second-order valence-electron chi connectivity index (χ2n) is 4.94. The van der Waals surface area contributed by atoms with Gasteiger partial charge in [0.1, 0.15) is 16.6 Å². The van der Waals surface area contributed by atoms with E-state index in [1.165, 1.54) is 5.69 Å². The first-order chi connectivity index (χ1) is 9.28. The number of H-pyrrole nitrogens is 1. The summed E-state index contributed by atoms with van der Waals surface area (Å²) < 4.78 is 11.9. The maximum absolute atomic E-state index is 5.83. The smallest absolute Gasteiger partial charge is 0.138 e. The third-order valence-electron chi connectivity index (χ3n) is 3.77. The highest BCUT2D eigenvalue weighted by Crippen LogP contribution is 2.22. The third-order valence-corrected chi connectivity index (χ3v) is 4.11. The first kappa shape index (κ1) is 13.2. The van der Waals surface area contributed by atoms with Gasteiger partial charge in [0.2, 0.25) is 0 Å². The molecule has 1 unspecified atom stereocenters. The lowest BCUT2D eigenvalue weighted by molar-refractivity contribution is -0.0329. The zero-order chi connectivity index (χ0) is 13.2. The normalized spacial score (nSPS) is 24.2. The van der Waals surface area contributed by atoms with Crippen molar-refractivity contribution in [2.45, 2.75) is 26.1 Å². The Balaban J connectivity index is 1.88. The molecule has 2 aliphatic rings. The largest absolute Gasteiger partial charge is 0.376 e. The molecule has 0 aromatic carbocycles. The molecule has 1 saturated heterocycles. The van der Waals surface area contributed by atoms with E-state index >= 15 is 0 Å². The fourth-order valence-corrected chi connectivity index (χ4v) is 2.86. The molecule has 1 N–H and O–H groups in total. The number of nitrogens with zero attached hydrogens (tertiary/aromatic N) is 2. The molecule has 1 aromatic heterocycles. The summed E-state index contributed by atoms with van der Waals surface area (Å²) >= 11 is 5.37. The molecule has 1 fully saturated rings. The average Bonchev–Trinajstić information content (AvgIpc) is 2.47. The van der Waals surface area contributed by atoms with Crippen LogP contribution in [0.4, 0.5) is 0 Å². The van der Waals surface area contributed by atoms with Crippen molar-refractivity contribution in [3.63, 3.8) is 0 Å². The van der Waals surface area contributed by atoms with E-state index in [0.29, 0.717) is 11.2 Å². The van der Waals surface area contributed by atoms with Crippen LogP contribution in [-0.4, -0.2) is 47.7 Å². The van der Waals surface area contributed by atoms with E-state index in [1.54, 1.807) is 0 Å². The van der Waals surface area contributed by atoms with Crippen LogP contribution in [0.2, 0.25) is 0 Å². The van der Waals surface area contributed by atoms with Crippen molar-refractivity contribution in [1.29, 1.82) is 0 Å². The van der Waals surface area contributed by atoms with Gasteiger partial charge in [0.25, 0.3) is 0 Å².